The van der Waals surface area contributed by atoms with Crippen LogP contribution in [0.15, 0.2) is 109 Å². The molecule has 0 N–H and O–H groups in total. The molecule has 0 radical (unpaired) electrons. The topological polar surface area (TPSA) is 33.0 Å². The van der Waals surface area contributed by atoms with Gasteiger partial charge >= 0.3 is 0 Å². The van der Waals surface area contributed by atoms with Crippen molar-refractivity contribution in [3.63, 3.8) is 0 Å². The van der Waals surface area contributed by atoms with Gasteiger partial charge in [-0.2, -0.15) is 6.07 Å². The Balaban J connectivity index is 0.00000387. The molecule has 0 spiro atoms. The van der Waals surface area contributed by atoms with Gasteiger partial charge in [0.05, 0.1) is 5.65 Å². The van der Waals surface area contributed by atoms with Crippen LogP contribution in [0.25, 0.3) is 38.4 Å². The summed E-state index contributed by atoms with van der Waals surface area (Å²) < 4.78 is 8.65. The first kappa shape index (κ1) is 33.7. The zero-order chi connectivity index (χ0) is 35.0. The van der Waals surface area contributed by atoms with Gasteiger partial charge in [-0.3, -0.25) is 4.98 Å². The van der Waals surface area contributed by atoms with E-state index in [0.717, 1.165) is 44.4 Å². The summed E-state index contributed by atoms with van der Waals surface area (Å²) in [5.74, 6) is 1.23. The minimum Gasteiger partial charge on any atom is -0.503 e. The molecule has 0 aliphatic carbocycles. The average Bonchev–Trinajstić information content (AvgIpc) is 3.74. The zero-order valence-electron chi connectivity index (χ0n) is 30.0. The molecule has 1 aliphatic rings. The van der Waals surface area contributed by atoms with Crippen molar-refractivity contribution in [1.82, 2.24) is 9.38 Å². The number of para-hydroxylation sites is 2. The maximum atomic E-state index is 6.49. The van der Waals surface area contributed by atoms with Crippen LogP contribution in [0.5, 0.6) is 11.5 Å². The van der Waals surface area contributed by atoms with Gasteiger partial charge in [0.15, 0.2) is 0 Å². The van der Waals surface area contributed by atoms with Crippen molar-refractivity contribution in [2.75, 3.05) is 9.80 Å². The summed E-state index contributed by atoms with van der Waals surface area (Å²) in [6.07, 6.45) is 3.89. The predicted molar refractivity (Wildman–Crippen MR) is 210 cm³/mol. The number of fused-ring (bicyclic) bond motifs is 7. The van der Waals surface area contributed by atoms with Crippen molar-refractivity contribution in [2.45, 2.75) is 41.5 Å². The van der Waals surface area contributed by atoms with E-state index in [0.29, 0.717) is 11.5 Å². The Bertz CT molecular complexity index is 2650. The number of benzene rings is 6. The van der Waals surface area contributed by atoms with Gasteiger partial charge in [0.25, 0.3) is 0 Å². The average molecular weight is 857 g/mol. The Kier molecular flexibility index (Phi) is 8.43. The van der Waals surface area contributed by atoms with Crippen molar-refractivity contribution in [2.24, 2.45) is 0 Å². The fourth-order valence-electron chi connectivity index (χ4n) is 8.16. The second-order valence-electron chi connectivity index (χ2n) is 13.8. The third-order valence-electron chi connectivity index (χ3n) is 10.0. The molecular weight excluding hydrogens is 820 g/mol. The summed E-state index contributed by atoms with van der Waals surface area (Å²) in [6.45, 7) is 15.2. The Morgan fingerprint density at radius 3 is 2.02 bits per heavy atom. The van der Waals surface area contributed by atoms with Gasteiger partial charge in [-0.1, -0.05) is 76.5 Å². The van der Waals surface area contributed by atoms with Crippen molar-refractivity contribution in [3.05, 3.63) is 162 Å². The number of hydrogen-bond donors (Lipinski definition) is 0. The first-order valence-corrected chi connectivity index (χ1v) is 17.4. The molecule has 0 saturated heterocycles. The summed E-state index contributed by atoms with van der Waals surface area (Å²) in [4.78, 5) is 9.25. The third-order valence-corrected chi connectivity index (χ3v) is 10.0. The Morgan fingerprint density at radius 2 is 1.29 bits per heavy atom. The predicted octanol–water partition coefficient (Wildman–Crippen LogP) is 12.0. The molecular formula is C46H37N4OPt-3. The number of rotatable bonds is 5. The molecule has 0 atom stereocenters. The first-order chi connectivity index (χ1) is 24.7. The molecule has 6 aromatic carbocycles. The summed E-state index contributed by atoms with van der Waals surface area (Å²) in [5, 5.41) is 3.14. The van der Waals surface area contributed by atoms with E-state index in [1.165, 1.54) is 50.2 Å². The van der Waals surface area contributed by atoms with Crippen LogP contribution < -0.4 is 14.5 Å². The molecule has 260 valence electrons. The molecule has 6 heteroatoms. The molecule has 0 bridgehead atoms. The van der Waals surface area contributed by atoms with Gasteiger partial charge in [-0.05, 0) is 98.5 Å². The number of anilines is 4. The number of pyridine rings is 1. The van der Waals surface area contributed by atoms with E-state index >= 15 is 0 Å². The standard InChI is InChI=1S/C46H37N4O.Pt/c1-28-20-30(3)44(31(4)21-28)34-14-16-39-38-17-15-37(26-40(38)46-47-18-19-48(46)43(39)24-34)51-36-11-9-10-35(25-36)49-27-50(42-13-8-7-12-41(42)49)45-32(5)22-29(2)23-33(45)6;/h7-24,27H,1-6H3;/q-3;. The van der Waals surface area contributed by atoms with Crippen LogP contribution in [0.3, 0.4) is 0 Å². The van der Waals surface area contributed by atoms with Gasteiger partial charge in [0, 0.05) is 67.5 Å². The van der Waals surface area contributed by atoms with Crippen LogP contribution in [-0.4, -0.2) is 9.38 Å². The SMILES string of the molecule is Cc1cc(C)c(-c2ccc3c4ccc(Oc5[c-]c(N6[CH-]N(c7c(C)cc(C)cc7C)c7ccccc76)ccc5)[c-]c4c4nccn4c3c2)c(C)c1.[Pt]. The second kappa shape index (κ2) is 13.0. The number of hydrogen-bond acceptors (Lipinski definition) is 4. The summed E-state index contributed by atoms with van der Waals surface area (Å²) >= 11 is 0. The molecule has 0 saturated carbocycles. The summed E-state index contributed by atoms with van der Waals surface area (Å²) in [5.41, 5.74) is 16.4. The number of ether oxygens (including phenoxy) is 1. The minimum absolute atomic E-state index is 0. The molecule has 0 fully saturated rings. The molecule has 2 aromatic heterocycles. The van der Waals surface area contributed by atoms with E-state index < -0.39 is 0 Å². The van der Waals surface area contributed by atoms with Gasteiger partial charge in [0.2, 0.25) is 0 Å². The summed E-state index contributed by atoms with van der Waals surface area (Å²) in [6, 6.07) is 41.5. The van der Waals surface area contributed by atoms with Gasteiger partial charge in [0.1, 0.15) is 0 Å². The van der Waals surface area contributed by atoms with E-state index in [1.807, 2.05) is 30.6 Å². The van der Waals surface area contributed by atoms with Crippen molar-refractivity contribution >= 4 is 50.1 Å². The normalized spacial score (nSPS) is 12.5. The Hall–Kier alpha value is -5.38. The monoisotopic (exact) mass is 856 g/mol. The zero-order valence-corrected chi connectivity index (χ0v) is 32.3. The van der Waals surface area contributed by atoms with Crippen LogP contribution in [0.1, 0.15) is 33.4 Å². The maximum Gasteiger partial charge on any atom is 0.0609 e. The van der Waals surface area contributed by atoms with Crippen molar-refractivity contribution < 1.29 is 25.8 Å². The largest absolute Gasteiger partial charge is 0.503 e. The van der Waals surface area contributed by atoms with Crippen molar-refractivity contribution in [3.8, 4) is 22.6 Å². The fourth-order valence-corrected chi connectivity index (χ4v) is 8.16. The van der Waals surface area contributed by atoms with Crippen LogP contribution in [-0.2, 0) is 21.1 Å². The van der Waals surface area contributed by atoms with Gasteiger partial charge in [-0.15, -0.1) is 42.7 Å². The Labute approximate surface area is 319 Å². The minimum atomic E-state index is 0. The van der Waals surface area contributed by atoms with E-state index in [-0.39, 0.29) is 21.1 Å². The molecule has 3 heterocycles. The first-order valence-electron chi connectivity index (χ1n) is 17.4. The number of aromatic nitrogens is 2. The fraction of sp³-hybridized carbons (Fsp3) is 0.130. The molecule has 0 unspecified atom stereocenters. The van der Waals surface area contributed by atoms with Crippen LogP contribution in [0, 0.1) is 60.3 Å². The number of aryl methyl sites for hydroxylation is 6. The molecule has 9 rings (SSSR count). The van der Waals surface area contributed by atoms with Gasteiger partial charge < -0.3 is 18.9 Å². The van der Waals surface area contributed by atoms with E-state index in [9.17, 15) is 0 Å². The summed E-state index contributed by atoms with van der Waals surface area (Å²) in [7, 11) is 0. The molecule has 0 amide bonds. The number of imidazole rings is 1. The number of nitrogens with zero attached hydrogens (tertiary/aromatic N) is 4. The molecule has 52 heavy (non-hydrogen) atoms. The third kappa shape index (κ3) is 5.56. The maximum absolute atomic E-state index is 6.49. The smallest absolute Gasteiger partial charge is 0.0609 e. The quantitative estimate of drug-likeness (QED) is 0.128. The molecule has 8 aromatic rings. The second-order valence-corrected chi connectivity index (χ2v) is 13.8. The van der Waals surface area contributed by atoms with Crippen LogP contribution in [0.2, 0.25) is 0 Å². The van der Waals surface area contributed by atoms with E-state index in [2.05, 4.69) is 153 Å². The van der Waals surface area contributed by atoms with E-state index in [1.54, 1.807) is 0 Å². The van der Waals surface area contributed by atoms with Crippen LogP contribution >= 0.6 is 0 Å². The van der Waals surface area contributed by atoms with E-state index in [4.69, 9.17) is 9.72 Å². The molecule has 5 nitrogen and oxygen atoms in total. The Morgan fingerprint density at radius 1 is 0.635 bits per heavy atom. The van der Waals surface area contributed by atoms with Crippen molar-refractivity contribution in [1.29, 1.82) is 0 Å². The van der Waals surface area contributed by atoms with Gasteiger partial charge in [-0.25, -0.2) is 0 Å². The van der Waals surface area contributed by atoms with Crippen LogP contribution in [0.4, 0.5) is 22.7 Å². The molecule has 1 aliphatic heterocycles.